The summed E-state index contributed by atoms with van der Waals surface area (Å²) in [4.78, 5) is 29.4. The molecule has 1 aromatic carbocycles. The van der Waals surface area contributed by atoms with E-state index in [1.54, 1.807) is 12.2 Å². The Labute approximate surface area is 209 Å². The first kappa shape index (κ1) is 27.3. The molecule has 1 atom stereocenters. The second-order valence-corrected chi connectivity index (χ2v) is 9.65. The van der Waals surface area contributed by atoms with Crippen molar-refractivity contribution in [3.63, 3.8) is 0 Å². The quantitative estimate of drug-likeness (QED) is 0.307. The lowest BCUT2D eigenvalue weighted by atomic mass is 9.88. The molecule has 0 radical (unpaired) electrons. The molecule has 0 saturated carbocycles. The van der Waals surface area contributed by atoms with E-state index in [2.05, 4.69) is 5.16 Å². The Morgan fingerprint density at radius 1 is 1.09 bits per heavy atom. The van der Waals surface area contributed by atoms with Crippen LogP contribution in [0.15, 0.2) is 29.4 Å². The number of thiophene rings is 1. The van der Waals surface area contributed by atoms with Crippen molar-refractivity contribution >= 4 is 51.9 Å². The van der Waals surface area contributed by atoms with Gasteiger partial charge in [-0.2, -0.15) is 26.3 Å². The average molecular weight is 561 g/mol. The van der Waals surface area contributed by atoms with Gasteiger partial charge in [0.15, 0.2) is 5.78 Å². The zero-order chi connectivity index (χ0) is 26.2. The fourth-order valence-corrected chi connectivity index (χ4v) is 5.00. The Hall–Kier alpha value is -2.31. The second kappa shape index (κ2) is 9.98. The monoisotopic (exact) mass is 560 g/mol. The molecule has 14 heteroatoms. The highest BCUT2D eigenvalue weighted by molar-refractivity contribution is 7.16. The number of hydrogen-bond donors (Lipinski definition) is 1. The van der Waals surface area contributed by atoms with Crippen molar-refractivity contribution in [2.24, 2.45) is 5.16 Å². The number of nitrogens with zero attached hydrogens (tertiary/aromatic N) is 1. The van der Waals surface area contributed by atoms with Gasteiger partial charge in [-0.15, -0.1) is 11.3 Å². The molecule has 1 unspecified atom stereocenters. The van der Waals surface area contributed by atoms with E-state index in [1.165, 1.54) is 12.1 Å². The van der Waals surface area contributed by atoms with Gasteiger partial charge in [0.1, 0.15) is 12.3 Å². The topological polar surface area (TPSA) is 67.8 Å². The molecule has 2 aromatic rings. The summed E-state index contributed by atoms with van der Waals surface area (Å²) in [6.45, 7) is 0.0297. The summed E-state index contributed by atoms with van der Waals surface area (Å²) in [6.07, 6.45) is -11.0. The van der Waals surface area contributed by atoms with Gasteiger partial charge in [-0.1, -0.05) is 28.4 Å². The minimum absolute atomic E-state index is 0.0210. The maximum atomic E-state index is 14.1. The van der Waals surface area contributed by atoms with Crippen molar-refractivity contribution in [2.75, 3.05) is 6.54 Å². The van der Waals surface area contributed by atoms with Gasteiger partial charge in [-0.05, 0) is 36.8 Å². The van der Waals surface area contributed by atoms with E-state index < -0.39 is 49.0 Å². The van der Waals surface area contributed by atoms with Gasteiger partial charge in [0, 0.05) is 28.5 Å². The Morgan fingerprint density at radius 2 is 1.71 bits per heavy atom. The highest BCUT2D eigenvalue weighted by Gasteiger charge is 2.62. The molecule has 3 rings (SSSR count). The second-order valence-electron chi connectivity index (χ2n) is 7.73. The summed E-state index contributed by atoms with van der Waals surface area (Å²) in [6, 6.07) is 4.90. The summed E-state index contributed by atoms with van der Waals surface area (Å²) in [5.41, 5.74) is -2.82. The number of oxime groups is 1. The van der Waals surface area contributed by atoms with Gasteiger partial charge in [0.05, 0.1) is 16.2 Å². The number of aryl methyl sites for hydroxylation is 1. The molecule has 1 aliphatic rings. The fourth-order valence-electron chi connectivity index (χ4n) is 3.35. The molecule has 0 aliphatic carbocycles. The first-order valence-electron chi connectivity index (χ1n) is 9.87. The lowest BCUT2D eigenvalue weighted by molar-refractivity contribution is -0.275. The van der Waals surface area contributed by atoms with E-state index in [-0.39, 0.29) is 37.5 Å². The van der Waals surface area contributed by atoms with Gasteiger partial charge in [-0.3, -0.25) is 9.59 Å². The maximum Gasteiger partial charge on any atom is 0.435 e. The smallest absolute Gasteiger partial charge is 0.374 e. The van der Waals surface area contributed by atoms with Crippen LogP contribution in [0.25, 0.3) is 0 Å². The lowest BCUT2D eigenvalue weighted by Gasteiger charge is -2.29. The van der Waals surface area contributed by atoms with E-state index in [4.69, 9.17) is 28.0 Å². The minimum Gasteiger partial charge on any atom is -0.374 e. The Bertz CT molecular complexity index is 1160. The molecule has 2 heterocycles. The SMILES string of the molecule is Cc1cc(C2=NOC(c3cc(Cl)cc(Cl)c3)(C(F)(F)F)C2)sc1C(=O)CCC(=O)NCC(F)(F)F. The molecule has 35 heavy (non-hydrogen) atoms. The first-order chi connectivity index (χ1) is 16.1. The van der Waals surface area contributed by atoms with Crippen LogP contribution in [0, 0.1) is 6.92 Å². The van der Waals surface area contributed by atoms with Gasteiger partial charge in [-0.25, -0.2) is 0 Å². The first-order valence-corrected chi connectivity index (χ1v) is 11.4. The number of ketones is 1. The van der Waals surface area contributed by atoms with E-state index in [0.717, 1.165) is 23.5 Å². The molecule has 0 fully saturated rings. The van der Waals surface area contributed by atoms with Crippen LogP contribution in [0.4, 0.5) is 26.3 Å². The number of rotatable bonds is 7. The number of carbonyl (C=O) groups excluding carboxylic acids is 2. The highest BCUT2D eigenvalue weighted by atomic mass is 35.5. The Balaban J connectivity index is 1.76. The number of nitrogens with one attached hydrogen (secondary N) is 1. The summed E-state index contributed by atoms with van der Waals surface area (Å²) in [5.74, 6) is -1.49. The molecule has 1 aliphatic heterocycles. The minimum atomic E-state index is -4.89. The van der Waals surface area contributed by atoms with Crippen molar-refractivity contribution in [2.45, 2.75) is 44.1 Å². The molecule has 1 amide bonds. The Morgan fingerprint density at radius 3 is 2.29 bits per heavy atom. The van der Waals surface area contributed by atoms with Crippen molar-refractivity contribution in [1.82, 2.24) is 5.32 Å². The zero-order valence-corrected chi connectivity index (χ0v) is 20.1. The number of amides is 1. The van der Waals surface area contributed by atoms with Crippen LogP contribution < -0.4 is 5.32 Å². The summed E-state index contributed by atoms with van der Waals surface area (Å²) in [7, 11) is 0. The Kier molecular flexibility index (Phi) is 7.78. The average Bonchev–Trinajstić information content (AvgIpc) is 3.34. The third-order valence-electron chi connectivity index (χ3n) is 5.04. The molecule has 1 N–H and O–H groups in total. The molecular formula is C21H16Cl2F6N2O3S. The molecule has 0 saturated heterocycles. The predicted octanol–water partition coefficient (Wildman–Crippen LogP) is 6.59. The van der Waals surface area contributed by atoms with E-state index in [1.807, 2.05) is 0 Å². The largest absolute Gasteiger partial charge is 0.435 e. The third kappa shape index (κ3) is 6.28. The van der Waals surface area contributed by atoms with Crippen molar-refractivity contribution < 1.29 is 40.8 Å². The van der Waals surface area contributed by atoms with Crippen molar-refractivity contribution in [3.8, 4) is 0 Å². The molecule has 1 aromatic heterocycles. The number of Topliss-reactive ketones (excluding diaryl/α,β-unsaturated/α-hetero) is 1. The molecule has 0 bridgehead atoms. The molecular weight excluding hydrogens is 545 g/mol. The van der Waals surface area contributed by atoms with Crippen LogP contribution in [-0.4, -0.2) is 36.3 Å². The van der Waals surface area contributed by atoms with E-state index in [9.17, 15) is 35.9 Å². The van der Waals surface area contributed by atoms with Crippen LogP contribution in [0.1, 0.15) is 44.9 Å². The highest BCUT2D eigenvalue weighted by Crippen LogP contribution is 2.50. The van der Waals surface area contributed by atoms with Crippen LogP contribution in [0.3, 0.4) is 0 Å². The van der Waals surface area contributed by atoms with Gasteiger partial charge >= 0.3 is 12.4 Å². The summed E-state index contributed by atoms with van der Waals surface area (Å²) < 4.78 is 78.9. The number of halogens is 8. The van der Waals surface area contributed by atoms with Crippen molar-refractivity contribution in [3.05, 3.63) is 55.2 Å². The van der Waals surface area contributed by atoms with Gasteiger partial charge < -0.3 is 10.2 Å². The zero-order valence-electron chi connectivity index (χ0n) is 17.7. The molecule has 5 nitrogen and oxygen atoms in total. The maximum absolute atomic E-state index is 14.1. The number of alkyl halides is 6. The van der Waals surface area contributed by atoms with Crippen LogP contribution in [0.5, 0.6) is 0 Å². The molecule has 0 spiro atoms. The van der Waals surface area contributed by atoms with Crippen LogP contribution in [0.2, 0.25) is 10.0 Å². The van der Waals surface area contributed by atoms with E-state index >= 15 is 0 Å². The van der Waals surface area contributed by atoms with E-state index in [0.29, 0.717) is 5.56 Å². The van der Waals surface area contributed by atoms with Crippen molar-refractivity contribution in [1.29, 1.82) is 0 Å². The lowest BCUT2D eigenvalue weighted by Crippen LogP contribution is -2.42. The normalized spacial score (nSPS) is 18.3. The third-order valence-corrected chi connectivity index (χ3v) is 6.80. The standard InChI is InChI=1S/C21H16Cl2F6N2O3S/c1-10-4-16(35-18(10)15(32)2-3-17(33)30-9-20(24,25)26)14-8-19(34-31-14,21(27,28)29)11-5-12(22)7-13(23)6-11/h4-7H,2-3,8-9H2,1H3,(H,30,33). The number of hydrogen-bond acceptors (Lipinski definition) is 5. The summed E-state index contributed by atoms with van der Waals surface area (Å²) in [5, 5.41) is 5.26. The number of carbonyl (C=O) groups is 2. The van der Waals surface area contributed by atoms with Crippen LogP contribution in [-0.2, 0) is 15.2 Å². The van der Waals surface area contributed by atoms with Gasteiger partial charge in [0.2, 0.25) is 5.91 Å². The van der Waals surface area contributed by atoms with Gasteiger partial charge in [0.25, 0.3) is 5.60 Å². The summed E-state index contributed by atoms with van der Waals surface area (Å²) >= 11 is 12.6. The molecule has 190 valence electrons. The fraction of sp³-hybridized carbons (Fsp3) is 0.381. The number of benzene rings is 1. The predicted molar refractivity (Wildman–Crippen MR) is 118 cm³/mol. The van der Waals surface area contributed by atoms with Crippen LogP contribution >= 0.6 is 34.5 Å².